The molecule has 120 valence electrons. The average molecular weight is 335 g/mol. The largest absolute Gasteiger partial charge is 0.481 e. The van der Waals surface area contributed by atoms with Crippen molar-refractivity contribution in [1.29, 1.82) is 0 Å². The van der Waals surface area contributed by atoms with Gasteiger partial charge in [0.1, 0.15) is 5.75 Å². The first-order valence-corrected chi connectivity index (χ1v) is 7.27. The van der Waals surface area contributed by atoms with Crippen LogP contribution in [-0.2, 0) is 11.3 Å². The molecule has 0 heterocycles. The van der Waals surface area contributed by atoms with Crippen molar-refractivity contribution in [2.45, 2.75) is 19.6 Å². The molecule has 0 aliphatic rings. The summed E-state index contributed by atoms with van der Waals surface area (Å²) in [5.41, 5.74) is 0.705. The Morgan fingerprint density at radius 2 is 2.04 bits per heavy atom. The second-order valence-electron chi connectivity index (χ2n) is 4.82. The minimum atomic E-state index is -0.792. The molecule has 1 atom stereocenters. The smallest absolute Gasteiger partial charge is 0.273 e. The van der Waals surface area contributed by atoms with Gasteiger partial charge < -0.3 is 10.1 Å². The SMILES string of the molecule is C[C@@H](Oc1cccc([N+](=O)[O-])c1)C(=O)NCc1ccccc1Cl. The molecule has 23 heavy (non-hydrogen) atoms. The molecular formula is C16H15ClN2O4. The van der Waals surface area contributed by atoms with Gasteiger partial charge in [-0.1, -0.05) is 35.9 Å². The van der Waals surface area contributed by atoms with Crippen LogP contribution in [0.1, 0.15) is 12.5 Å². The minimum absolute atomic E-state index is 0.0915. The van der Waals surface area contributed by atoms with Crippen LogP contribution < -0.4 is 10.1 Å². The van der Waals surface area contributed by atoms with Gasteiger partial charge in [-0.15, -0.1) is 0 Å². The number of hydrogen-bond acceptors (Lipinski definition) is 4. The molecule has 0 aromatic heterocycles. The Labute approximate surface area is 138 Å². The van der Waals surface area contributed by atoms with E-state index in [-0.39, 0.29) is 23.9 Å². The predicted molar refractivity (Wildman–Crippen MR) is 86.5 cm³/mol. The first kappa shape index (κ1) is 16.8. The van der Waals surface area contributed by atoms with E-state index in [0.717, 1.165) is 5.56 Å². The monoisotopic (exact) mass is 334 g/mol. The maximum atomic E-state index is 12.0. The molecule has 1 N–H and O–H groups in total. The lowest BCUT2D eigenvalue weighted by molar-refractivity contribution is -0.384. The van der Waals surface area contributed by atoms with E-state index in [9.17, 15) is 14.9 Å². The zero-order chi connectivity index (χ0) is 16.8. The fourth-order valence-electron chi connectivity index (χ4n) is 1.90. The number of nitro benzene ring substituents is 1. The van der Waals surface area contributed by atoms with Gasteiger partial charge >= 0.3 is 0 Å². The van der Waals surface area contributed by atoms with Crippen LogP contribution in [0.5, 0.6) is 5.75 Å². The molecule has 0 bridgehead atoms. The summed E-state index contributed by atoms with van der Waals surface area (Å²) in [4.78, 5) is 22.2. The number of nitrogens with one attached hydrogen (secondary N) is 1. The molecule has 0 aliphatic heterocycles. The molecule has 2 aromatic rings. The first-order chi connectivity index (χ1) is 11.0. The van der Waals surface area contributed by atoms with Crippen LogP contribution in [0.4, 0.5) is 5.69 Å². The fraction of sp³-hybridized carbons (Fsp3) is 0.188. The van der Waals surface area contributed by atoms with Gasteiger partial charge in [-0.25, -0.2) is 0 Å². The van der Waals surface area contributed by atoms with Gasteiger partial charge in [-0.3, -0.25) is 14.9 Å². The number of amides is 1. The Hall–Kier alpha value is -2.60. The molecule has 0 spiro atoms. The molecule has 0 fully saturated rings. The molecule has 0 radical (unpaired) electrons. The van der Waals surface area contributed by atoms with E-state index in [1.165, 1.54) is 18.2 Å². The lowest BCUT2D eigenvalue weighted by Gasteiger charge is -2.15. The molecule has 6 nitrogen and oxygen atoms in total. The van der Waals surface area contributed by atoms with Crippen molar-refractivity contribution >= 4 is 23.2 Å². The molecular weight excluding hydrogens is 320 g/mol. The number of carbonyl (C=O) groups excluding carboxylic acids is 1. The molecule has 7 heteroatoms. The number of hydrogen-bond donors (Lipinski definition) is 1. The van der Waals surface area contributed by atoms with E-state index in [0.29, 0.717) is 5.02 Å². The van der Waals surface area contributed by atoms with Crippen molar-refractivity contribution in [3.05, 3.63) is 69.2 Å². The highest BCUT2D eigenvalue weighted by molar-refractivity contribution is 6.31. The van der Waals surface area contributed by atoms with Crippen LogP contribution in [0.3, 0.4) is 0 Å². The first-order valence-electron chi connectivity index (χ1n) is 6.89. The Morgan fingerprint density at radius 1 is 1.30 bits per heavy atom. The van der Waals surface area contributed by atoms with Crippen LogP contribution in [0.15, 0.2) is 48.5 Å². The van der Waals surface area contributed by atoms with Crippen LogP contribution in [0, 0.1) is 10.1 Å². The fourth-order valence-corrected chi connectivity index (χ4v) is 2.10. The Bertz CT molecular complexity index is 721. The third-order valence-corrected chi connectivity index (χ3v) is 3.49. The van der Waals surface area contributed by atoms with E-state index in [2.05, 4.69) is 5.32 Å². The standard InChI is InChI=1S/C16H15ClN2O4/c1-11(23-14-7-4-6-13(9-14)19(21)22)16(20)18-10-12-5-2-3-8-15(12)17/h2-9,11H,10H2,1H3,(H,18,20)/t11-/m1/s1. The van der Waals surface area contributed by atoms with Crippen molar-refractivity contribution in [1.82, 2.24) is 5.32 Å². The second-order valence-corrected chi connectivity index (χ2v) is 5.23. The van der Waals surface area contributed by atoms with Crippen LogP contribution in [0.25, 0.3) is 0 Å². The van der Waals surface area contributed by atoms with Gasteiger partial charge in [-0.2, -0.15) is 0 Å². The van der Waals surface area contributed by atoms with Gasteiger partial charge in [0.2, 0.25) is 0 Å². The highest BCUT2D eigenvalue weighted by Gasteiger charge is 2.16. The molecule has 2 aromatic carbocycles. The molecule has 2 rings (SSSR count). The number of halogens is 1. The lowest BCUT2D eigenvalue weighted by Crippen LogP contribution is -2.35. The maximum Gasteiger partial charge on any atom is 0.273 e. The van der Waals surface area contributed by atoms with Gasteiger partial charge in [0.05, 0.1) is 11.0 Å². The summed E-state index contributed by atoms with van der Waals surface area (Å²) in [6.07, 6.45) is -0.792. The zero-order valence-corrected chi connectivity index (χ0v) is 13.1. The molecule has 0 aliphatic carbocycles. The minimum Gasteiger partial charge on any atom is -0.481 e. The molecule has 0 unspecified atom stereocenters. The topological polar surface area (TPSA) is 81.5 Å². The lowest BCUT2D eigenvalue weighted by atomic mass is 10.2. The summed E-state index contributed by atoms with van der Waals surface area (Å²) in [6, 6.07) is 12.9. The molecule has 0 saturated heterocycles. The summed E-state index contributed by atoms with van der Waals surface area (Å²) in [5, 5.41) is 14.0. The zero-order valence-electron chi connectivity index (χ0n) is 12.4. The third-order valence-electron chi connectivity index (χ3n) is 3.12. The number of nitrogens with zero attached hydrogens (tertiary/aromatic N) is 1. The summed E-state index contributed by atoms with van der Waals surface area (Å²) in [7, 11) is 0. The van der Waals surface area contributed by atoms with Gasteiger partial charge in [-0.05, 0) is 24.6 Å². The number of non-ortho nitro benzene ring substituents is 1. The molecule has 0 saturated carbocycles. The van der Waals surface area contributed by atoms with E-state index in [1.807, 2.05) is 18.2 Å². The number of nitro groups is 1. The maximum absolute atomic E-state index is 12.0. The predicted octanol–water partition coefficient (Wildman–Crippen LogP) is 3.33. The van der Waals surface area contributed by atoms with Crippen molar-refractivity contribution in [3.8, 4) is 5.75 Å². The van der Waals surface area contributed by atoms with Gasteiger partial charge in [0.15, 0.2) is 6.10 Å². The number of ether oxygens (including phenoxy) is 1. The second kappa shape index (κ2) is 7.60. The number of benzene rings is 2. The average Bonchev–Trinajstić information content (AvgIpc) is 2.54. The number of carbonyl (C=O) groups is 1. The summed E-state index contributed by atoms with van der Waals surface area (Å²) >= 11 is 6.02. The van der Waals surface area contributed by atoms with E-state index in [4.69, 9.17) is 16.3 Å². The summed E-state index contributed by atoms with van der Waals surface area (Å²) in [5.74, 6) is -0.0731. The summed E-state index contributed by atoms with van der Waals surface area (Å²) in [6.45, 7) is 1.85. The Morgan fingerprint density at radius 3 is 2.74 bits per heavy atom. The van der Waals surface area contributed by atoms with E-state index >= 15 is 0 Å². The third kappa shape index (κ3) is 4.69. The van der Waals surface area contributed by atoms with Crippen molar-refractivity contribution < 1.29 is 14.5 Å². The highest BCUT2D eigenvalue weighted by atomic mass is 35.5. The highest BCUT2D eigenvalue weighted by Crippen LogP contribution is 2.20. The normalized spacial score (nSPS) is 11.6. The van der Waals surface area contributed by atoms with Gasteiger partial charge in [0.25, 0.3) is 11.6 Å². The Balaban J connectivity index is 1.94. The summed E-state index contributed by atoms with van der Waals surface area (Å²) < 4.78 is 5.44. The van der Waals surface area contributed by atoms with Crippen molar-refractivity contribution in [2.75, 3.05) is 0 Å². The van der Waals surface area contributed by atoms with E-state index in [1.54, 1.807) is 19.1 Å². The quantitative estimate of drug-likeness (QED) is 0.649. The van der Waals surface area contributed by atoms with Crippen LogP contribution >= 0.6 is 11.6 Å². The number of rotatable bonds is 6. The van der Waals surface area contributed by atoms with Gasteiger partial charge in [0, 0.05) is 17.6 Å². The van der Waals surface area contributed by atoms with E-state index < -0.39 is 11.0 Å². The van der Waals surface area contributed by atoms with Crippen LogP contribution in [-0.4, -0.2) is 16.9 Å². The van der Waals surface area contributed by atoms with Crippen LogP contribution in [0.2, 0.25) is 5.02 Å². The molecule has 1 amide bonds. The van der Waals surface area contributed by atoms with Crippen molar-refractivity contribution in [3.63, 3.8) is 0 Å². The Kier molecular flexibility index (Phi) is 5.54. The van der Waals surface area contributed by atoms with Crippen molar-refractivity contribution in [2.24, 2.45) is 0 Å².